The lowest BCUT2D eigenvalue weighted by molar-refractivity contribution is 0.154. The maximum atomic E-state index is 13.1. The summed E-state index contributed by atoms with van der Waals surface area (Å²) >= 11 is 0. The molecule has 0 saturated heterocycles. The number of hydrogen-bond acceptors (Lipinski definition) is 2. The summed E-state index contributed by atoms with van der Waals surface area (Å²) in [6, 6.07) is 16.3. The summed E-state index contributed by atoms with van der Waals surface area (Å²) in [4.78, 5) is 0. The van der Waals surface area contributed by atoms with Crippen LogP contribution < -0.4 is 5.32 Å². The fourth-order valence-electron chi connectivity index (χ4n) is 2.17. The summed E-state index contributed by atoms with van der Waals surface area (Å²) in [5.74, 6) is -0.221. The van der Waals surface area contributed by atoms with Crippen molar-refractivity contribution in [2.45, 2.75) is 32.0 Å². The van der Waals surface area contributed by atoms with Gasteiger partial charge in [0.25, 0.3) is 0 Å². The fourth-order valence-corrected chi connectivity index (χ4v) is 2.17. The smallest absolute Gasteiger partial charge is 0.123 e. The topological polar surface area (TPSA) is 32.3 Å². The molecule has 0 bridgehead atoms. The molecule has 2 atom stereocenters. The Morgan fingerprint density at radius 3 is 2.55 bits per heavy atom. The molecule has 0 aromatic heterocycles. The number of rotatable bonds is 6. The van der Waals surface area contributed by atoms with Crippen molar-refractivity contribution in [3.63, 3.8) is 0 Å². The first-order chi connectivity index (χ1) is 9.65. The Hall–Kier alpha value is -1.71. The van der Waals surface area contributed by atoms with Gasteiger partial charge in [0.15, 0.2) is 0 Å². The van der Waals surface area contributed by atoms with Gasteiger partial charge in [0.05, 0.1) is 6.10 Å². The van der Waals surface area contributed by atoms with Crippen LogP contribution in [0.2, 0.25) is 0 Å². The zero-order valence-corrected chi connectivity index (χ0v) is 11.6. The second kappa shape index (κ2) is 7.17. The molecule has 0 amide bonds. The molecule has 0 aliphatic rings. The van der Waals surface area contributed by atoms with Crippen LogP contribution in [0.3, 0.4) is 0 Å². The molecular weight excluding hydrogens is 253 g/mol. The van der Waals surface area contributed by atoms with Crippen LogP contribution in [0.4, 0.5) is 4.39 Å². The lowest BCUT2D eigenvalue weighted by Crippen LogP contribution is -2.27. The van der Waals surface area contributed by atoms with Crippen LogP contribution >= 0.6 is 0 Å². The number of hydrogen-bond donors (Lipinski definition) is 2. The molecule has 0 aliphatic heterocycles. The van der Waals surface area contributed by atoms with E-state index in [1.807, 2.05) is 43.3 Å². The molecular formula is C17H20FNO. The largest absolute Gasteiger partial charge is 0.388 e. The van der Waals surface area contributed by atoms with Crippen molar-refractivity contribution in [1.29, 1.82) is 0 Å². The highest BCUT2D eigenvalue weighted by molar-refractivity contribution is 5.18. The van der Waals surface area contributed by atoms with Crippen LogP contribution in [-0.2, 0) is 6.54 Å². The summed E-state index contributed by atoms with van der Waals surface area (Å²) in [6.45, 7) is 2.62. The van der Waals surface area contributed by atoms with E-state index in [-0.39, 0.29) is 11.9 Å². The Balaban J connectivity index is 1.82. The molecule has 2 rings (SSSR count). The molecule has 2 N–H and O–H groups in total. The highest BCUT2D eigenvalue weighted by Crippen LogP contribution is 2.17. The quantitative estimate of drug-likeness (QED) is 0.845. The van der Waals surface area contributed by atoms with Crippen LogP contribution in [-0.4, -0.2) is 11.1 Å². The second-order valence-electron chi connectivity index (χ2n) is 5.07. The van der Waals surface area contributed by atoms with E-state index in [4.69, 9.17) is 0 Å². The van der Waals surface area contributed by atoms with Crippen molar-refractivity contribution >= 4 is 0 Å². The van der Waals surface area contributed by atoms with Crippen molar-refractivity contribution in [1.82, 2.24) is 5.32 Å². The number of benzene rings is 2. The van der Waals surface area contributed by atoms with Crippen LogP contribution in [0.5, 0.6) is 0 Å². The lowest BCUT2D eigenvalue weighted by atomic mass is 10.0. The molecule has 0 aliphatic carbocycles. The molecule has 0 saturated carbocycles. The van der Waals surface area contributed by atoms with Gasteiger partial charge in [0, 0.05) is 12.6 Å². The van der Waals surface area contributed by atoms with Gasteiger partial charge in [0.1, 0.15) is 5.82 Å². The number of aliphatic hydroxyl groups excluding tert-OH is 1. The van der Waals surface area contributed by atoms with E-state index >= 15 is 0 Å². The minimum Gasteiger partial charge on any atom is -0.388 e. The molecule has 2 aromatic rings. The molecule has 0 radical (unpaired) electrons. The Morgan fingerprint density at radius 2 is 1.85 bits per heavy atom. The van der Waals surface area contributed by atoms with Crippen molar-refractivity contribution < 1.29 is 9.50 Å². The molecule has 20 heavy (non-hydrogen) atoms. The molecule has 0 heterocycles. The minimum atomic E-state index is -0.480. The molecule has 106 valence electrons. The molecule has 3 heteroatoms. The normalized spacial score (nSPS) is 13.9. The molecule has 2 aromatic carbocycles. The van der Waals surface area contributed by atoms with Gasteiger partial charge in [0.2, 0.25) is 0 Å². The van der Waals surface area contributed by atoms with Crippen LogP contribution in [0.1, 0.15) is 30.6 Å². The highest BCUT2D eigenvalue weighted by Gasteiger charge is 2.11. The fraction of sp³-hybridized carbons (Fsp3) is 0.294. The Kier molecular flexibility index (Phi) is 5.27. The first kappa shape index (κ1) is 14.7. The number of halogens is 1. The summed E-state index contributed by atoms with van der Waals surface area (Å²) in [7, 11) is 0. The molecule has 0 spiro atoms. The van der Waals surface area contributed by atoms with Gasteiger partial charge < -0.3 is 10.4 Å². The third-order valence-corrected chi connectivity index (χ3v) is 3.30. The molecule has 2 unspecified atom stereocenters. The van der Waals surface area contributed by atoms with E-state index in [0.717, 1.165) is 11.1 Å². The van der Waals surface area contributed by atoms with E-state index < -0.39 is 6.10 Å². The van der Waals surface area contributed by atoms with Gasteiger partial charge in [-0.05, 0) is 36.6 Å². The maximum absolute atomic E-state index is 13.1. The molecule has 0 fully saturated rings. The van der Waals surface area contributed by atoms with Crippen molar-refractivity contribution in [2.75, 3.05) is 0 Å². The second-order valence-corrected chi connectivity index (χ2v) is 5.07. The van der Waals surface area contributed by atoms with Gasteiger partial charge in [-0.1, -0.05) is 42.5 Å². The first-order valence-corrected chi connectivity index (χ1v) is 6.86. The summed E-state index contributed by atoms with van der Waals surface area (Å²) in [6.07, 6.45) is 0.144. The summed E-state index contributed by atoms with van der Waals surface area (Å²) < 4.78 is 13.1. The van der Waals surface area contributed by atoms with Gasteiger partial charge >= 0.3 is 0 Å². The van der Waals surface area contributed by atoms with E-state index in [1.165, 1.54) is 12.1 Å². The zero-order chi connectivity index (χ0) is 14.4. The van der Waals surface area contributed by atoms with Crippen molar-refractivity contribution in [2.24, 2.45) is 0 Å². The number of nitrogens with one attached hydrogen (secondary N) is 1. The SMILES string of the molecule is CC(CC(O)c1ccccc1)NCc1cccc(F)c1. The van der Waals surface area contributed by atoms with Crippen LogP contribution in [0.15, 0.2) is 54.6 Å². The standard InChI is InChI=1S/C17H20FNO/c1-13(10-17(20)15-7-3-2-4-8-15)19-12-14-6-5-9-16(18)11-14/h2-9,11,13,17,19-20H,10,12H2,1H3. The zero-order valence-electron chi connectivity index (χ0n) is 11.6. The van der Waals surface area contributed by atoms with Crippen LogP contribution in [0.25, 0.3) is 0 Å². The van der Waals surface area contributed by atoms with Crippen molar-refractivity contribution in [3.8, 4) is 0 Å². The summed E-state index contributed by atoms with van der Waals surface area (Å²) in [5, 5.41) is 13.4. The van der Waals surface area contributed by atoms with Gasteiger partial charge in [-0.3, -0.25) is 0 Å². The van der Waals surface area contributed by atoms with Crippen molar-refractivity contribution in [3.05, 3.63) is 71.5 Å². The Bertz CT molecular complexity index is 530. The highest BCUT2D eigenvalue weighted by atomic mass is 19.1. The minimum absolute atomic E-state index is 0.147. The van der Waals surface area contributed by atoms with E-state index in [9.17, 15) is 9.50 Å². The third kappa shape index (κ3) is 4.44. The Morgan fingerprint density at radius 1 is 1.10 bits per heavy atom. The van der Waals surface area contributed by atoms with E-state index in [1.54, 1.807) is 6.07 Å². The number of aliphatic hydroxyl groups is 1. The average Bonchev–Trinajstić information content (AvgIpc) is 2.46. The monoisotopic (exact) mass is 273 g/mol. The predicted octanol–water partition coefficient (Wildman–Crippen LogP) is 3.43. The Labute approximate surface area is 119 Å². The van der Waals surface area contributed by atoms with E-state index in [0.29, 0.717) is 13.0 Å². The van der Waals surface area contributed by atoms with Crippen LogP contribution in [0, 0.1) is 5.82 Å². The molecule has 2 nitrogen and oxygen atoms in total. The van der Waals surface area contributed by atoms with Gasteiger partial charge in [-0.25, -0.2) is 4.39 Å². The lowest BCUT2D eigenvalue weighted by Gasteiger charge is -2.18. The van der Waals surface area contributed by atoms with E-state index in [2.05, 4.69) is 5.32 Å². The first-order valence-electron chi connectivity index (χ1n) is 6.86. The van der Waals surface area contributed by atoms with Gasteiger partial charge in [-0.2, -0.15) is 0 Å². The maximum Gasteiger partial charge on any atom is 0.123 e. The van der Waals surface area contributed by atoms with Gasteiger partial charge in [-0.15, -0.1) is 0 Å². The predicted molar refractivity (Wildman–Crippen MR) is 78.7 cm³/mol. The summed E-state index contributed by atoms with van der Waals surface area (Å²) in [5.41, 5.74) is 1.83. The average molecular weight is 273 g/mol. The third-order valence-electron chi connectivity index (χ3n) is 3.30.